The number of aromatic nitrogens is 2. The van der Waals surface area contributed by atoms with Gasteiger partial charge in [0, 0.05) is 44.5 Å². The summed E-state index contributed by atoms with van der Waals surface area (Å²) in [5.41, 5.74) is 3.46. The van der Waals surface area contributed by atoms with Gasteiger partial charge in [0.15, 0.2) is 0 Å². The molecule has 4 N–H and O–H groups in total. The van der Waals surface area contributed by atoms with Crippen LogP contribution in [0.25, 0.3) is 0 Å². The van der Waals surface area contributed by atoms with Crippen molar-refractivity contribution in [1.29, 1.82) is 0 Å². The lowest BCUT2D eigenvalue weighted by molar-refractivity contribution is -0.743. The van der Waals surface area contributed by atoms with Crippen LogP contribution in [0.1, 0.15) is 36.2 Å². The van der Waals surface area contributed by atoms with Crippen LogP contribution in [0, 0.1) is 0 Å². The minimum absolute atomic E-state index is 0.00796. The van der Waals surface area contributed by atoms with E-state index in [4.69, 9.17) is 4.74 Å². The molecule has 1 spiro atoms. The van der Waals surface area contributed by atoms with Gasteiger partial charge in [-0.05, 0) is 24.1 Å². The molecule has 3 heterocycles. The molecule has 0 radical (unpaired) electrons. The van der Waals surface area contributed by atoms with Gasteiger partial charge >= 0.3 is 0 Å². The molecule has 1 aromatic carbocycles. The van der Waals surface area contributed by atoms with Gasteiger partial charge in [-0.3, -0.25) is 9.59 Å². The summed E-state index contributed by atoms with van der Waals surface area (Å²) in [4.78, 5) is 34.4. The van der Waals surface area contributed by atoms with Crippen molar-refractivity contribution in [3.8, 4) is 5.75 Å². The highest BCUT2D eigenvalue weighted by atomic mass is 16.5. The quantitative estimate of drug-likeness (QED) is 0.626. The molecular formula is C22H30N5O3+. The standard InChI is InChI=1S/C22H29N5O3/c1-30-17-5-2-16(3-6-17)4-7-19(28)23-14-20(29)27-12-9-22(10-13-27)21-18(8-11-26-22)24-15-25-21/h2-3,5-6,15,26H,4,7-14H2,1H3,(H,23,28)(H,24,25)/p+1. The van der Waals surface area contributed by atoms with Gasteiger partial charge in [-0.25, -0.2) is 4.98 Å². The summed E-state index contributed by atoms with van der Waals surface area (Å²) < 4.78 is 5.14. The van der Waals surface area contributed by atoms with Crippen LogP contribution in [0.2, 0.25) is 0 Å². The molecule has 1 saturated heterocycles. The van der Waals surface area contributed by atoms with E-state index in [9.17, 15) is 9.59 Å². The largest absolute Gasteiger partial charge is 0.497 e. The lowest BCUT2D eigenvalue weighted by Crippen LogP contribution is -2.97. The summed E-state index contributed by atoms with van der Waals surface area (Å²) in [5, 5.41) is 5.16. The second-order valence-corrected chi connectivity index (χ2v) is 8.13. The molecule has 0 unspecified atom stereocenters. The Balaban J connectivity index is 1.21. The van der Waals surface area contributed by atoms with Gasteiger partial charge < -0.3 is 25.3 Å². The molecule has 1 fully saturated rings. The zero-order valence-corrected chi connectivity index (χ0v) is 17.4. The van der Waals surface area contributed by atoms with Crippen LogP contribution in [-0.4, -0.2) is 60.0 Å². The highest BCUT2D eigenvalue weighted by molar-refractivity contribution is 5.84. The number of fused-ring (bicyclic) bond motifs is 2. The van der Waals surface area contributed by atoms with E-state index < -0.39 is 0 Å². The number of methoxy groups -OCH3 is 1. The lowest BCUT2D eigenvalue weighted by Gasteiger charge is -2.41. The zero-order valence-electron chi connectivity index (χ0n) is 17.4. The van der Waals surface area contributed by atoms with E-state index in [-0.39, 0.29) is 23.9 Å². The monoisotopic (exact) mass is 412 g/mol. The number of carbonyl (C=O) groups excluding carboxylic acids is 2. The average Bonchev–Trinajstić information content (AvgIpc) is 3.27. The fourth-order valence-electron chi connectivity index (χ4n) is 4.55. The van der Waals surface area contributed by atoms with E-state index in [1.807, 2.05) is 29.2 Å². The number of hydrogen-bond donors (Lipinski definition) is 3. The Morgan fingerprint density at radius 3 is 2.77 bits per heavy atom. The van der Waals surface area contributed by atoms with Crippen LogP contribution in [-0.2, 0) is 28.0 Å². The van der Waals surface area contributed by atoms with E-state index >= 15 is 0 Å². The fourth-order valence-corrected chi connectivity index (χ4v) is 4.55. The number of nitrogens with zero attached hydrogens (tertiary/aromatic N) is 2. The first kappa shape index (κ1) is 20.4. The summed E-state index contributed by atoms with van der Waals surface area (Å²) in [6, 6.07) is 7.67. The van der Waals surface area contributed by atoms with Crippen LogP contribution >= 0.6 is 0 Å². The maximum absolute atomic E-state index is 12.6. The maximum atomic E-state index is 12.6. The fraction of sp³-hybridized carbons (Fsp3) is 0.500. The number of imidazole rings is 1. The van der Waals surface area contributed by atoms with Crippen molar-refractivity contribution in [1.82, 2.24) is 20.2 Å². The summed E-state index contributed by atoms with van der Waals surface area (Å²) in [5.74, 6) is 0.682. The number of aryl methyl sites for hydroxylation is 1. The van der Waals surface area contributed by atoms with Gasteiger partial charge in [0.05, 0.1) is 26.5 Å². The van der Waals surface area contributed by atoms with Crippen molar-refractivity contribution < 1.29 is 19.6 Å². The normalized spacial score (nSPS) is 17.4. The molecular weight excluding hydrogens is 382 g/mol. The van der Waals surface area contributed by atoms with Crippen molar-refractivity contribution in [2.75, 3.05) is 33.3 Å². The predicted molar refractivity (Wildman–Crippen MR) is 111 cm³/mol. The van der Waals surface area contributed by atoms with Crippen LogP contribution in [0.15, 0.2) is 30.6 Å². The topological polar surface area (TPSA) is 104 Å². The van der Waals surface area contributed by atoms with Crippen LogP contribution < -0.4 is 15.4 Å². The number of quaternary nitrogens is 1. The molecule has 4 rings (SSSR count). The molecule has 0 saturated carbocycles. The maximum Gasteiger partial charge on any atom is 0.241 e. The predicted octanol–water partition coefficient (Wildman–Crippen LogP) is 0.105. The van der Waals surface area contributed by atoms with Gasteiger partial charge in [0.1, 0.15) is 17.0 Å². The third-order valence-corrected chi connectivity index (χ3v) is 6.36. The highest BCUT2D eigenvalue weighted by Gasteiger charge is 2.45. The number of piperidine rings is 1. The Labute approximate surface area is 176 Å². The number of aromatic amines is 1. The second-order valence-electron chi connectivity index (χ2n) is 8.13. The van der Waals surface area contributed by atoms with Crippen molar-refractivity contribution in [2.24, 2.45) is 0 Å². The molecule has 2 amide bonds. The number of H-pyrrole nitrogens is 1. The van der Waals surface area contributed by atoms with Gasteiger partial charge in [-0.2, -0.15) is 0 Å². The molecule has 30 heavy (non-hydrogen) atoms. The van der Waals surface area contributed by atoms with Gasteiger partial charge in [0.25, 0.3) is 0 Å². The minimum Gasteiger partial charge on any atom is -0.497 e. The third-order valence-electron chi connectivity index (χ3n) is 6.36. The molecule has 2 aromatic rings. The van der Waals surface area contributed by atoms with E-state index in [1.54, 1.807) is 13.4 Å². The Hall–Kier alpha value is -2.87. The number of nitrogens with two attached hydrogens (primary N) is 1. The van der Waals surface area contributed by atoms with E-state index in [0.717, 1.165) is 42.8 Å². The summed E-state index contributed by atoms with van der Waals surface area (Å²) in [6.45, 7) is 2.51. The first-order valence-corrected chi connectivity index (χ1v) is 10.6. The van der Waals surface area contributed by atoms with E-state index in [1.165, 1.54) is 5.69 Å². The van der Waals surface area contributed by atoms with Crippen LogP contribution in [0.5, 0.6) is 5.75 Å². The zero-order chi connectivity index (χ0) is 21.0. The molecule has 2 aliphatic rings. The first-order chi connectivity index (χ1) is 14.6. The SMILES string of the molecule is COc1ccc(CCC(=O)NCC(=O)N2CCC3(CC2)[NH2+]CCc2[nH]cnc23)cc1. The molecule has 0 aliphatic carbocycles. The number of likely N-dealkylation sites (tertiary alicyclic amines) is 1. The summed E-state index contributed by atoms with van der Waals surface area (Å²) >= 11 is 0. The lowest BCUT2D eigenvalue weighted by atomic mass is 9.80. The molecule has 160 valence electrons. The summed E-state index contributed by atoms with van der Waals surface area (Å²) in [7, 11) is 1.63. The molecule has 8 nitrogen and oxygen atoms in total. The Morgan fingerprint density at radius 2 is 2.03 bits per heavy atom. The smallest absolute Gasteiger partial charge is 0.241 e. The Kier molecular flexibility index (Phi) is 6.03. The second kappa shape index (κ2) is 8.87. The first-order valence-electron chi connectivity index (χ1n) is 10.6. The van der Waals surface area contributed by atoms with Crippen molar-refractivity contribution >= 4 is 11.8 Å². The van der Waals surface area contributed by atoms with Gasteiger partial charge in [-0.15, -0.1) is 0 Å². The highest BCUT2D eigenvalue weighted by Crippen LogP contribution is 2.31. The third kappa shape index (κ3) is 4.33. The number of hydrogen-bond acceptors (Lipinski definition) is 4. The van der Waals surface area contributed by atoms with Crippen molar-refractivity contribution in [3.63, 3.8) is 0 Å². The molecule has 1 aromatic heterocycles. The Bertz CT molecular complexity index is 884. The number of carbonyl (C=O) groups is 2. The van der Waals surface area contributed by atoms with E-state index in [2.05, 4.69) is 20.6 Å². The van der Waals surface area contributed by atoms with Crippen molar-refractivity contribution in [2.45, 2.75) is 37.6 Å². The Morgan fingerprint density at radius 1 is 1.27 bits per heavy atom. The number of nitrogens with one attached hydrogen (secondary N) is 2. The van der Waals surface area contributed by atoms with E-state index in [0.29, 0.717) is 25.9 Å². The molecule has 0 atom stereocenters. The molecule has 8 heteroatoms. The number of amides is 2. The van der Waals surface area contributed by atoms with Crippen LogP contribution in [0.4, 0.5) is 0 Å². The average molecular weight is 413 g/mol. The van der Waals surface area contributed by atoms with Crippen molar-refractivity contribution in [3.05, 3.63) is 47.5 Å². The minimum atomic E-state index is -0.102. The summed E-state index contributed by atoms with van der Waals surface area (Å²) in [6.07, 6.45) is 5.58. The number of benzene rings is 1. The van der Waals surface area contributed by atoms with Crippen LogP contribution in [0.3, 0.4) is 0 Å². The van der Waals surface area contributed by atoms with Gasteiger partial charge in [-0.1, -0.05) is 12.1 Å². The number of rotatable bonds is 6. The van der Waals surface area contributed by atoms with Gasteiger partial charge in [0.2, 0.25) is 11.8 Å². The molecule has 2 aliphatic heterocycles. The molecule has 0 bridgehead atoms. The number of ether oxygens (including phenoxy) is 1.